The number of carbonyl (C=O) groups excluding carboxylic acids is 1. The molecule has 0 saturated carbocycles. The molecule has 0 unspecified atom stereocenters. The van der Waals surface area contributed by atoms with E-state index in [1.54, 1.807) is 6.07 Å². The lowest BCUT2D eigenvalue weighted by molar-refractivity contribution is 0.0952. The Morgan fingerprint density at radius 1 is 0.960 bits per heavy atom. The maximum Gasteiger partial charge on any atom is 0.261 e. The van der Waals surface area contributed by atoms with Crippen LogP contribution in [-0.2, 0) is 9.05 Å². The summed E-state index contributed by atoms with van der Waals surface area (Å²) >= 11 is 0. The van der Waals surface area contributed by atoms with E-state index >= 15 is 0 Å². The zero-order chi connectivity index (χ0) is 18.5. The van der Waals surface area contributed by atoms with Gasteiger partial charge in [-0.05, 0) is 24.6 Å². The summed E-state index contributed by atoms with van der Waals surface area (Å²) in [4.78, 5) is 12.0. The molecule has 1 aromatic rings. The van der Waals surface area contributed by atoms with Gasteiger partial charge in [-0.3, -0.25) is 4.79 Å². The first-order valence-electron chi connectivity index (χ1n) is 9.28. The first-order chi connectivity index (χ1) is 11.9. The van der Waals surface area contributed by atoms with E-state index in [0.717, 1.165) is 12.8 Å². The van der Waals surface area contributed by atoms with Crippen LogP contribution in [-0.4, -0.2) is 20.9 Å². The number of unbranched alkanes of at least 4 members (excludes halogenated alkanes) is 9. The third-order valence-electron chi connectivity index (χ3n) is 4.19. The Labute approximate surface area is 156 Å². The van der Waals surface area contributed by atoms with Crippen molar-refractivity contribution in [1.82, 2.24) is 5.32 Å². The van der Waals surface area contributed by atoms with Crippen LogP contribution in [0.3, 0.4) is 0 Å². The lowest BCUT2D eigenvalue weighted by Gasteiger charge is -2.06. The monoisotopic (exact) mass is 387 g/mol. The predicted molar refractivity (Wildman–Crippen MR) is 104 cm³/mol. The highest BCUT2D eigenvalue weighted by Gasteiger charge is 2.13. The number of nitrogens with one attached hydrogen (secondary N) is 1. The second kappa shape index (κ2) is 12.3. The summed E-state index contributed by atoms with van der Waals surface area (Å²) in [5.41, 5.74) is 0.314. The fourth-order valence-electron chi connectivity index (χ4n) is 2.71. The quantitative estimate of drug-likeness (QED) is 0.370. The lowest BCUT2D eigenvalue weighted by Crippen LogP contribution is -2.24. The average molecular weight is 388 g/mol. The molecule has 0 aliphatic carbocycles. The predicted octanol–water partition coefficient (Wildman–Crippen LogP) is 5.26. The van der Waals surface area contributed by atoms with E-state index in [9.17, 15) is 13.2 Å². The van der Waals surface area contributed by atoms with Crippen LogP contribution in [0.25, 0.3) is 0 Å². The van der Waals surface area contributed by atoms with Gasteiger partial charge in [0.2, 0.25) is 0 Å². The van der Waals surface area contributed by atoms with E-state index in [-0.39, 0.29) is 10.8 Å². The number of benzene rings is 1. The molecule has 0 spiro atoms. The molecule has 1 aromatic carbocycles. The molecule has 0 aliphatic rings. The number of halogens is 1. The highest BCUT2D eigenvalue weighted by atomic mass is 35.7. The standard InChI is InChI=1S/C19H30ClNO3S/c1-2-3-4-5-6-7-8-9-10-11-15-21-19(22)17-13-12-14-18(16-17)25(20,23)24/h12-14,16H,2-11,15H2,1H3,(H,21,22). The summed E-state index contributed by atoms with van der Waals surface area (Å²) in [6.07, 6.45) is 12.5. The third kappa shape index (κ3) is 9.85. The highest BCUT2D eigenvalue weighted by Crippen LogP contribution is 2.16. The van der Waals surface area contributed by atoms with Crippen molar-refractivity contribution in [2.75, 3.05) is 6.54 Å². The van der Waals surface area contributed by atoms with Gasteiger partial charge in [-0.2, -0.15) is 0 Å². The number of carbonyl (C=O) groups is 1. The maximum absolute atomic E-state index is 12.0. The van der Waals surface area contributed by atoms with Crippen LogP contribution >= 0.6 is 10.7 Å². The smallest absolute Gasteiger partial charge is 0.261 e. The summed E-state index contributed by atoms with van der Waals surface area (Å²) in [7, 11) is 1.49. The van der Waals surface area contributed by atoms with Crippen molar-refractivity contribution in [3.8, 4) is 0 Å². The van der Waals surface area contributed by atoms with Gasteiger partial charge in [0.15, 0.2) is 0 Å². The second-order valence-electron chi connectivity index (χ2n) is 6.40. The number of hydrogen-bond donors (Lipinski definition) is 1. The van der Waals surface area contributed by atoms with E-state index in [1.165, 1.54) is 69.6 Å². The fraction of sp³-hybridized carbons (Fsp3) is 0.632. The van der Waals surface area contributed by atoms with E-state index < -0.39 is 9.05 Å². The largest absolute Gasteiger partial charge is 0.352 e. The van der Waals surface area contributed by atoms with Gasteiger partial charge in [0.1, 0.15) is 0 Å². The van der Waals surface area contributed by atoms with Crippen LogP contribution < -0.4 is 5.32 Å². The van der Waals surface area contributed by atoms with Gasteiger partial charge in [0.25, 0.3) is 15.0 Å². The van der Waals surface area contributed by atoms with Crippen LogP contribution in [0.5, 0.6) is 0 Å². The summed E-state index contributed by atoms with van der Waals surface area (Å²) in [6.45, 7) is 2.84. The van der Waals surface area contributed by atoms with Gasteiger partial charge in [0.05, 0.1) is 4.90 Å². The molecule has 142 valence electrons. The van der Waals surface area contributed by atoms with Crippen LogP contribution in [0.15, 0.2) is 29.2 Å². The van der Waals surface area contributed by atoms with Crippen molar-refractivity contribution in [3.63, 3.8) is 0 Å². The molecule has 4 nitrogen and oxygen atoms in total. The van der Waals surface area contributed by atoms with E-state index in [0.29, 0.717) is 12.1 Å². The summed E-state index contributed by atoms with van der Waals surface area (Å²) in [5.74, 6) is -0.266. The topological polar surface area (TPSA) is 63.2 Å². The molecule has 0 saturated heterocycles. The average Bonchev–Trinajstić information content (AvgIpc) is 2.59. The molecule has 6 heteroatoms. The van der Waals surface area contributed by atoms with Crippen molar-refractivity contribution in [1.29, 1.82) is 0 Å². The maximum atomic E-state index is 12.0. The van der Waals surface area contributed by atoms with Crippen LogP contribution in [0.2, 0.25) is 0 Å². The van der Waals surface area contributed by atoms with Crippen LogP contribution in [0.4, 0.5) is 0 Å². The van der Waals surface area contributed by atoms with Crippen LogP contribution in [0.1, 0.15) is 81.5 Å². The SMILES string of the molecule is CCCCCCCCCCCCNC(=O)c1cccc(S(=O)(=O)Cl)c1. The van der Waals surface area contributed by atoms with Crippen LogP contribution in [0, 0.1) is 0 Å². The Bertz CT molecular complexity index is 617. The number of rotatable bonds is 13. The highest BCUT2D eigenvalue weighted by molar-refractivity contribution is 8.13. The van der Waals surface area contributed by atoms with Crippen molar-refractivity contribution in [2.45, 2.75) is 76.0 Å². The van der Waals surface area contributed by atoms with Crippen molar-refractivity contribution in [3.05, 3.63) is 29.8 Å². The summed E-state index contributed by atoms with van der Waals surface area (Å²) in [6, 6.07) is 5.78. The molecule has 25 heavy (non-hydrogen) atoms. The normalized spacial score (nSPS) is 11.4. The Hall–Kier alpha value is -1.07. The fourth-order valence-corrected chi connectivity index (χ4v) is 3.50. The van der Waals surface area contributed by atoms with Gasteiger partial charge >= 0.3 is 0 Å². The van der Waals surface area contributed by atoms with Gasteiger partial charge in [-0.1, -0.05) is 70.8 Å². The second-order valence-corrected chi connectivity index (χ2v) is 8.97. The molecule has 1 amide bonds. The van der Waals surface area contributed by atoms with Gasteiger partial charge in [-0.25, -0.2) is 8.42 Å². The molecule has 0 fully saturated rings. The van der Waals surface area contributed by atoms with Crippen molar-refractivity contribution >= 4 is 25.6 Å². The third-order valence-corrected chi connectivity index (χ3v) is 5.55. The van der Waals surface area contributed by atoms with Crippen molar-refractivity contribution in [2.24, 2.45) is 0 Å². The molecular weight excluding hydrogens is 358 g/mol. The Kier molecular flexibility index (Phi) is 10.8. The summed E-state index contributed by atoms with van der Waals surface area (Å²) in [5, 5.41) is 2.83. The minimum atomic E-state index is -3.81. The Morgan fingerprint density at radius 3 is 2.08 bits per heavy atom. The molecule has 0 atom stereocenters. The molecule has 1 N–H and O–H groups in total. The number of hydrogen-bond acceptors (Lipinski definition) is 3. The zero-order valence-electron chi connectivity index (χ0n) is 15.1. The minimum Gasteiger partial charge on any atom is -0.352 e. The molecule has 0 aliphatic heterocycles. The van der Waals surface area contributed by atoms with Gasteiger partial charge < -0.3 is 5.32 Å². The zero-order valence-corrected chi connectivity index (χ0v) is 16.7. The lowest BCUT2D eigenvalue weighted by atomic mass is 10.1. The Balaban J connectivity index is 2.13. The van der Waals surface area contributed by atoms with Crippen molar-refractivity contribution < 1.29 is 13.2 Å². The minimum absolute atomic E-state index is 0.0549. The van der Waals surface area contributed by atoms with Gasteiger partial charge in [0, 0.05) is 22.8 Å². The molecule has 0 bridgehead atoms. The molecule has 0 aromatic heterocycles. The van der Waals surface area contributed by atoms with E-state index in [1.807, 2.05) is 0 Å². The molecular formula is C19H30ClNO3S. The van der Waals surface area contributed by atoms with E-state index in [2.05, 4.69) is 12.2 Å². The molecule has 1 rings (SSSR count). The molecule has 0 radical (unpaired) electrons. The molecule has 0 heterocycles. The number of amides is 1. The Morgan fingerprint density at radius 2 is 1.52 bits per heavy atom. The first-order valence-corrected chi connectivity index (χ1v) is 11.6. The van der Waals surface area contributed by atoms with E-state index in [4.69, 9.17) is 10.7 Å². The summed E-state index contributed by atoms with van der Waals surface area (Å²) < 4.78 is 22.6. The van der Waals surface area contributed by atoms with Gasteiger partial charge in [-0.15, -0.1) is 0 Å². The first kappa shape index (κ1) is 22.0.